The Morgan fingerprint density at radius 1 is 0.841 bits per heavy atom. The number of fused-ring (bicyclic) bond motifs is 1. The number of carbonyl (C=O) groups excluding carboxylic acids is 7. The van der Waals surface area contributed by atoms with Gasteiger partial charge < -0.3 is 50.4 Å². The molecule has 0 aliphatic carbocycles. The minimum Gasteiger partial charge on any atom is -0.379 e. The highest BCUT2D eigenvalue weighted by molar-refractivity contribution is 7.52. The summed E-state index contributed by atoms with van der Waals surface area (Å²) in [6.45, 7) is 5.60. The number of benzene rings is 4. The molecule has 8 N–H and O–H groups in total. The maximum atomic E-state index is 14.4. The molecule has 23 nitrogen and oxygen atoms in total. The van der Waals surface area contributed by atoms with Crippen LogP contribution >= 0.6 is 7.60 Å². The summed E-state index contributed by atoms with van der Waals surface area (Å²) in [7, 11) is -4.12. The number of carbonyl (C=O) groups is 7. The van der Waals surface area contributed by atoms with Crippen molar-refractivity contribution in [3.05, 3.63) is 140 Å². The van der Waals surface area contributed by atoms with Crippen LogP contribution in [-0.4, -0.2) is 131 Å². The van der Waals surface area contributed by atoms with Crippen LogP contribution in [0.3, 0.4) is 0 Å². The molecular formula is C62H75F2N8O15P. The number of aryl methyl sites for hydroxylation is 4. The number of hydrogen-bond acceptors (Lipinski definition) is 13. The van der Waals surface area contributed by atoms with Crippen LogP contribution in [0.4, 0.5) is 14.5 Å². The van der Waals surface area contributed by atoms with Gasteiger partial charge in [0.15, 0.2) is 0 Å². The molecule has 8 rings (SSSR count). The third-order valence-corrected chi connectivity index (χ3v) is 16.9. The Labute approximate surface area is 506 Å². The summed E-state index contributed by atoms with van der Waals surface area (Å²) >= 11 is 0. The molecule has 3 aliphatic heterocycles. The average Bonchev–Trinajstić information content (AvgIpc) is 1.97. The zero-order valence-corrected chi connectivity index (χ0v) is 50.2. The summed E-state index contributed by atoms with van der Waals surface area (Å²) in [4.78, 5) is 123. The number of nitrogens with zero attached hydrogens (tertiary/aromatic N) is 3. The first kappa shape index (κ1) is 66.2. The van der Waals surface area contributed by atoms with Crippen LogP contribution in [0, 0.1) is 0 Å². The monoisotopic (exact) mass is 1240 g/mol. The molecular weight excluding hydrogens is 1170 g/mol. The summed E-state index contributed by atoms with van der Waals surface area (Å²) in [6, 6.07) is 19.7. The third kappa shape index (κ3) is 16.7. The van der Waals surface area contributed by atoms with Gasteiger partial charge in [-0.25, -0.2) is 4.79 Å². The van der Waals surface area contributed by atoms with Crippen molar-refractivity contribution in [3.8, 4) is 0 Å². The van der Waals surface area contributed by atoms with Crippen LogP contribution in [0.1, 0.15) is 104 Å². The Balaban J connectivity index is 0.711. The Hall–Kier alpha value is -7.77. The van der Waals surface area contributed by atoms with E-state index in [0.717, 1.165) is 52.8 Å². The van der Waals surface area contributed by atoms with Crippen LogP contribution in [-0.2, 0) is 102 Å². The first-order valence-corrected chi connectivity index (χ1v) is 30.9. The number of imidazole rings is 1. The van der Waals surface area contributed by atoms with E-state index in [2.05, 4.69) is 21.3 Å². The number of primary amides is 1. The lowest BCUT2D eigenvalue weighted by Gasteiger charge is -2.31. The maximum absolute atomic E-state index is 14.4. The Bertz CT molecular complexity index is 3510. The summed E-state index contributed by atoms with van der Waals surface area (Å²) in [6.07, 6.45) is 4.75. The molecule has 88 heavy (non-hydrogen) atoms. The Morgan fingerprint density at radius 2 is 1.51 bits per heavy atom. The van der Waals surface area contributed by atoms with Crippen molar-refractivity contribution in [3.63, 3.8) is 0 Å². The van der Waals surface area contributed by atoms with Gasteiger partial charge in [-0.1, -0.05) is 72.8 Å². The maximum Gasteiger partial charge on any atom is 0.399 e. The predicted molar refractivity (Wildman–Crippen MR) is 319 cm³/mol. The third-order valence-electron chi connectivity index (χ3n) is 15.9. The smallest absolute Gasteiger partial charge is 0.379 e. The number of aromatic nitrogens is 2. The number of para-hydroxylation sites is 1. The lowest BCUT2D eigenvalue weighted by atomic mass is 10.0. The SMILES string of the molecule is C/C(=C\C(=O)N[C@H]1CCc2cccc3c2N(C1=O)[C@H](C(=O)N[C@@H](CCC(N)=O)[C@@H](C)OCc1ccc(CCCNC(=O)COCCOCCOCCCc2ccc4c(c2)n(C)c(=O)n4C2CCC(=O)NC2=O)cc1)C3)c1ccc(C(F)(F)P(=O)(O)O)cc1. The molecule has 1 unspecified atom stereocenters. The summed E-state index contributed by atoms with van der Waals surface area (Å²) in [5, 5.41) is 11.0. The number of amides is 7. The van der Waals surface area contributed by atoms with E-state index in [4.69, 9.17) is 34.5 Å². The van der Waals surface area contributed by atoms with Crippen LogP contribution in [0.5, 0.6) is 0 Å². The van der Waals surface area contributed by atoms with Gasteiger partial charge in [-0.15, -0.1) is 0 Å². The largest absolute Gasteiger partial charge is 0.399 e. The van der Waals surface area contributed by atoms with Gasteiger partial charge in [0.25, 0.3) is 0 Å². The van der Waals surface area contributed by atoms with Gasteiger partial charge in [0.2, 0.25) is 41.4 Å². The predicted octanol–water partition coefficient (Wildman–Crippen LogP) is 4.42. The van der Waals surface area contributed by atoms with Gasteiger partial charge in [-0.2, -0.15) is 8.78 Å². The van der Waals surface area contributed by atoms with Crippen molar-refractivity contribution < 1.29 is 75.6 Å². The van der Waals surface area contributed by atoms with E-state index in [1.807, 2.05) is 60.7 Å². The molecule has 26 heteroatoms. The van der Waals surface area contributed by atoms with Gasteiger partial charge in [-0.3, -0.25) is 57.5 Å². The van der Waals surface area contributed by atoms with Gasteiger partial charge in [0.1, 0.15) is 24.7 Å². The lowest BCUT2D eigenvalue weighted by Crippen LogP contribution is -2.56. The number of anilines is 1. The van der Waals surface area contributed by atoms with Crippen molar-refractivity contribution in [2.45, 2.75) is 127 Å². The van der Waals surface area contributed by atoms with E-state index in [1.165, 1.54) is 39.2 Å². The molecule has 5 aromatic rings. The highest BCUT2D eigenvalue weighted by Crippen LogP contribution is 2.59. The zero-order valence-electron chi connectivity index (χ0n) is 49.3. The molecule has 0 bridgehead atoms. The number of ether oxygens (including phenoxy) is 4. The molecule has 472 valence electrons. The van der Waals surface area contributed by atoms with E-state index in [0.29, 0.717) is 80.1 Å². The van der Waals surface area contributed by atoms with Crippen molar-refractivity contribution in [1.29, 1.82) is 0 Å². The molecule has 1 saturated heterocycles. The number of nitrogens with two attached hydrogens (primary N) is 1. The number of allylic oxidation sites excluding steroid dienone is 1. The Kier molecular flexibility index (Phi) is 22.5. The van der Waals surface area contributed by atoms with E-state index < -0.39 is 78.6 Å². The molecule has 0 saturated carbocycles. The van der Waals surface area contributed by atoms with Crippen LogP contribution < -0.4 is 37.6 Å². The molecule has 7 amide bonds. The van der Waals surface area contributed by atoms with Crippen molar-refractivity contribution in [1.82, 2.24) is 30.4 Å². The zero-order chi connectivity index (χ0) is 63.3. The Morgan fingerprint density at radius 3 is 2.22 bits per heavy atom. The van der Waals surface area contributed by atoms with Crippen LogP contribution in [0.15, 0.2) is 95.8 Å². The van der Waals surface area contributed by atoms with E-state index in [1.54, 1.807) is 14.0 Å². The van der Waals surface area contributed by atoms with Gasteiger partial charge >= 0.3 is 18.9 Å². The van der Waals surface area contributed by atoms with Gasteiger partial charge in [0, 0.05) is 51.1 Å². The number of hydrogen-bond donors (Lipinski definition) is 7. The van der Waals surface area contributed by atoms with Crippen LogP contribution in [0.2, 0.25) is 0 Å². The highest BCUT2D eigenvalue weighted by Gasteiger charge is 2.50. The molecule has 4 heterocycles. The number of piperidine rings is 1. The number of nitrogens with one attached hydrogen (secondary N) is 4. The fourth-order valence-corrected chi connectivity index (χ4v) is 11.6. The summed E-state index contributed by atoms with van der Waals surface area (Å²) in [5.74, 6) is -3.30. The van der Waals surface area contributed by atoms with Crippen LogP contribution in [0.25, 0.3) is 16.6 Å². The van der Waals surface area contributed by atoms with Crippen molar-refractivity contribution >= 4 is 71.2 Å². The minimum atomic E-state index is -5.79. The standard InChI is InChI=1S/C62H75F2N8O15P/c1-38(43-16-19-46(20-17-43)62(63,64)88(81,82)83)33-55(75)67-48-21-18-44-9-4-10-45-35-52(72(57(44)45)60(48)79)59(78)68-47(22-25-53(65)73)39(2)87-36-42-13-11-40(12-14-42)7-5-27-66-56(76)37-86-32-31-85-30-29-84-28-6-8-41-15-23-49-51(34-41)70(3)61(80)71(49)50-24-26-54(74)69-58(50)77/h4,9-17,19-20,23,33-34,39,47-48,50,52H,5-8,18,21-22,24-32,35-37H2,1-3H3,(H2,65,73)(H,66,76)(H,67,75)(H,68,78)(H,69,74,77)(H2,81,82,83)/b38-33+/t39-,47+,48+,50?,52+/m1/s1. The molecule has 1 aromatic heterocycles. The number of rotatable bonds is 31. The molecule has 1 fully saturated rings. The molecule has 0 spiro atoms. The lowest BCUT2D eigenvalue weighted by molar-refractivity contribution is -0.136. The van der Waals surface area contributed by atoms with Crippen molar-refractivity contribution in [2.24, 2.45) is 12.8 Å². The molecule has 0 radical (unpaired) electrons. The quantitative estimate of drug-likeness (QED) is 0.0140. The summed E-state index contributed by atoms with van der Waals surface area (Å²) < 4.78 is 65.9. The van der Waals surface area contributed by atoms with Gasteiger partial charge in [-0.05, 0) is 116 Å². The second-order valence-corrected chi connectivity index (χ2v) is 23.9. The normalized spacial score (nSPS) is 17.7. The summed E-state index contributed by atoms with van der Waals surface area (Å²) in [5.41, 5.74) is 7.03. The highest BCUT2D eigenvalue weighted by atomic mass is 31.2. The number of imide groups is 1. The topological polar surface area (TPSA) is 318 Å². The fraction of sp³-hybridized carbons (Fsp3) is 0.452. The fourth-order valence-electron chi connectivity index (χ4n) is 11.1. The molecule has 3 aliphatic rings. The first-order chi connectivity index (χ1) is 42.0. The molecule has 4 aromatic carbocycles. The number of halogens is 2. The van der Waals surface area contributed by atoms with Crippen molar-refractivity contribution in [2.75, 3.05) is 51.1 Å². The second-order valence-electron chi connectivity index (χ2n) is 22.2. The van der Waals surface area contributed by atoms with E-state index in [9.17, 15) is 51.7 Å². The second kappa shape index (κ2) is 30.0. The molecule has 5 atom stereocenters. The first-order valence-electron chi connectivity index (χ1n) is 29.3. The average molecular weight is 1240 g/mol. The van der Waals surface area contributed by atoms with Gasteiger partial charge in [0.05, 0.1) is 61.9 Å². The van der Waals surface area contributed by atoms with E-state index in [-0.39, 0.29) is 75.8 Å². The van der Waals surface area contributed by atoms with E-state index >= 15 is 0 Å². The minimum absolute atomic E-state index is 0.0526. The number of alkyl halides is 2.